The molecular weight excluding hydrogens is 190 g/mol. The summed E-state index contributed by atoms with van der Waals surface area (Å²) in [6.07, 6.45) is 3.02. The van der Waals surface area contributed by atoms with Gasteiger partial charge in [-0.2, -0.15) is 0 Å². The summed E-state index contributed by atoms with van der Waals surface area (Å²) in [6.45, 7) is 3.23. The standard InChI is InChI=1S/C12H17NO2/c1-2-10-9(4-3-7-13)5-6-11-12(10)15-8-14-11/h5-6H,2-4,7-8,13H2,1H3. The van der Waals surface area contributed by atoms with Gasteiger partial charge in [0.05, 0.1) is 0 Å². The summed E-state index contributed by atoms with van der Waals surface area (Å²) < 4.78 is 10.8. The Labute approximate surface area is 90.2 Å². The molecule has 0 unspecified atom stereocenters. The molecule has 0 fully saturated rings. The molecule has 1 aliphatic rings. The summed E-state index contributed by atoms with van der Waals surface area (Å²) in [4.78, 5) is 0. The van der Waals surface area contributed by atoms with Crippen LogP contribution >= 0.6 is 0 Å². The molecule has 2 rings (SSSR count). The molecule has 0 saturated carbocycles. The molecule has 0 aromatic heterocycles. The van der Waals surface area contributed by atoms with E-state index in [1.165, 1.54) is 11.1 Å². The second-order valence-electron chi connectivity index (χ2n) is 3.68. The van der Waals surface area contributed by atoms with E-state index in [1.807, 2.05) is 6.07 Å². The van der Waals surface area contributed by atoms with Crippen LogP contribution in [-0.4, -0.2) is 13.3 Å². The van der Waals surface area contributed by atoms with Crippen LogP contribution in [0.2, 0.25) is 0 Å². The van der Waals surface area contributed by atoms with Crippen molar-refractivity contribution in [2.45, 2.75) is 26.2 Å². The van der Waals surface area contributed by atoms with Crippen molar-refractivity contribution in [3.63, 3.8) is 0 Å². The number of ether oxygens (including phenoxy) is 2. The summed E-state index contributed by atoms with van der Waals surface area (Å²) in [5.74, 6) is 1.82. The maximum atomic E-state index is 5.52. The second-order valence-corrected chi connectivity index (χ2v) is 3.68. The van der Waals surface area contributed by atoms with Crippen LogP contribution in [0.3, 0.4) is 0 Å². The van der Waals surface area contributed by atoms with Crippen molar-refractivity contribution in [2.24, 2.45) is 5.73 Å². The fraction of sp³-hybridized carbons (Fsp3) is 0.500. The van der Waals surface area contributed by atoms with Gasteiger partial charge in [0, 0.05) is 5.56 Å². The van der Waals surface area contributed by atoms with E-state index < -0.39 is 0 Å². The van der Waals surface area contributed by atoms with E-state index in [2.05, 4.69) is 13.0 Å². The average Bonchev–Trinajstić information content (AvgIpc) is 2.73. The molecule has 3 heteroatoms. The smallest absolute Gasteiger partial charge is 0.231 e. The molecule has 1 heterocycles. The van der Waals surface area contributed by atoms with Crippen molar-refractivity contribution in [3.8, 4) is 11.5 Å². The molecule has 1 aromatic rings. The average molecular weight is 207 g/mol. The Balaban J connectivity index is 2.30. The predicted octanol–water partition coefficient (Wildman–Crippen LogP) is 1.87. The highest BCUT2D eigenvalue weighted by molar-refractivity contribution is 5.52. The summed E-state index contributed by atoms with van der Waals surface area (Å²) in [5.41, 5.74) is 8.14. The molecule has 1 aromatic carbocycles. The van der Waals surface area contributed by atoms with Gasteiger partial charge in [0.25, 0.3) is 0 Å². The van der Waals surface area contributed by atoms with E-state index in [-0.39, 0.29) is 0 Å². The van der Waals surface area contributed by atoms with E-state index in [4.69, 9.17) is 15.2 Å². The van der Waals surface area contributed by atoms with Gasteiger partial charge in [-0.05, 0) is 37.4 Å². The fourth-order valence-electron chi connectivity index (χ4n) is 1.99. The van der Waals surface area contributed by atoms with Gasteiger partial charge in [-0.25, -0.2) is 0 Å². The zero-order valence-electron chi connectivity index (χ0n) is 9.08. The molecular formula is C12H17NO2. The highest BCUT2D eigenvalue weighted by Crippen LogP contribution is 2.38. The zero-order chi connectivity index (χ0) is 10.7. The molecule has 0 atom stereocenters. The zero-order valence-corrected chi connectivity index (χ0v) is 9.08. The van der Waals surface area contributed by atoms with Gasteiger partial charge >= 0.3 is 0 Å². The van der Waals surface area contributed by atoms with Gasteiger partial charge in [0.1, 0.15) is 0 Å². The Morgan fingerprint density at radius 1 is 1.33 bits per heavy atom. The third-order valence-electron chi connectivity index (χ3n) is 2.74. The minimum atomic E-state index is 0.350. The van der Waals surface area contributed by atoms with E-state index in [0.717, 1.165) is 37.3 Å². The lowest BCUT2D eigenvalue weighted by molar-refractivity contribution is 0.173. The molecule has 0 aliphatic carbocycles. The number of benzene rings is 1. The highest BCUT2D eigenvalue weighted by atomic mass is 16.7. The van der Waals surface area contributed by atoms with Crippen LogP contribution in [-0.2, 0) is 12.8 Å². The number of aryl methyl sites for hydroxylation is 1. The van der Waals surface area contributed by atoms with Crippen LogP contribution in [0.4, 0.5) is 0 Å². The Kier molecular flexibility index (Phi) is 3.11. The first kappa shape index (κ1) is 10.3. The Morgan fingerprint density at radius 2 is 2.20 bits per heavy atom. The SMILES string of the molecule is CCc1c(CCCN)ccc2c1OCO2. The molecule has 2 N–H and O–H groups in total. The monoisotopic (exact) mass is 207 g/mol. The Bertz CT molecular complexity index is 350. The van der Waals surface area contributed by atoms with Crippen LogP contribution in [0, 0.1) is 0 Å². The second kappa shape index (κ2) is 4.53. The first-order valence-corrected chi connectivity index (χ1v) is 5.47. The predicted molar refractivity (Wildman–Crippen MR) is 59.3 cm³/mol. The summed E-state index contributed by atoms with van der Waals surface area (Å²) in [7, 11) is 0. The molecule has 0 spiro atoms. The Morgan fingerprint density at radius 3 is 2.93 bits per heavy atom. The third-order valence-corrected chi connectivity index (χ3v) is 2.74. The van der Waals surface area contributed by atoms with Crippen LogP contribution in [0.25, 0.3) is 0 Å². The number of nitrogens with two attached hydrogens (primary N) is 1. The third kappa shape index (κ3) is 1.92. The maximum Gasteiger partial charge on any atom is 0.231 e. The van der Waals surface area contributed by atoms with Gasteiger partial charge in [-0.15, -0.1) is 0 Å². The van der Waals surface area contributed by atoms with Crippen LogP contribution in [0.15, 0.2) is 12.1 Å². The molecule has 15 heavy (non-hydrogen) atoms. The lowest BCUT2D eigenvalue weighted by Gasteiger charge is -2.10. The summed E-state index contributed by atoms with van der Waals surface area (Å²) in [5, 5.41) is 0. The van der Waals surface area contributed by atoms with Crippen molar-refractivity contribution >= 4 is 0 Å². The number of rotatable bonds is 4. The molecule has 3 nitrogen and oxygen atoms in total. The van der Waals surface area contributed by atoms with Crippen molar-refractivity contribution in [3.05, 3.63) is 23.3 Å². The van der Waals surface area contributed by atoms with Crippen LogP contribution < -0.4 is 15.2 Å². The number of fused-ring (bicyclic) bond motifs is 1. The van der Waals surface area contributed by atoms with Gasteiger partial charge in [0.15, 0.2) is 11.5 Å². The van der Waals surface area contributed by atoms with Gasteiger partial charge in [-0.1, -0.05) is 13.0 Å². The largest absolute Gasteiger partial charge is 0.454 e. The highest BCUT2D eigenvalue weighted by Gasteiger charge is 2.19. The maximum absolute atomic E-state index is 5.52. The molecule has 1 aliphatic heterocycles. The minimum absolute atomic E-state index is 0.350. The lowest BCUT2D eigenvalue weighted by atomic mass is 9.99. The quantitative estimate of drug-likeness (QED) is 0.819. The Hall–Kier alpha value is -1.22. The van der Waals surface area contributed by atoms with E-state index in [0.29, 0.717) is 6.79 Å². The lowest BCUT2D eigenvalue weighted by Crippen LogP contribution is -2.02. The molecule has 82 valence electrons. The van der Waals surface area contributed by atoms with Gasteiger partial charge < -0.3 is 15.2 Å². The fourth-order valence-corrected chi connectivity index (χ4v) is 1.99. The number of hydrogen-bond acceptors (Lipinski definition) is 3. The van der Waals surface area contributed by atoms with E-state index in [1.54, 1.807) is 0 Å². The number of hydrogen-bond donors (Lipinski definition) is 1. The van der Waals surface area contributed by atoms with Gasteiger partial charge in [0.2, 0.25) is 6.79 Å². The first-order valence-electron chi connectivity index (χ1n) is 5.47. The molecule has 0 bridgehead atoms. The molecule has 0 saturated heterocycles. The van der Waals surface area contributed by atoms with Crippen molar-refractivity contribution < 1.29 is 9.47 Å². The molecule has 0 radical (unpaired) electrons. The van der Waals surface area contributed by atoms with E-state index >= 15 is 0 Å². The van der Waals surface area contributed by atoms with E-state index in [9.17, 15) is 0 Å². The molecule has 0 amide bonds. The summed E-state index contributed by atoms with van der Waals surface area (Å²) in [6, 6.07) is 4.12. The normalized spacial score (nSPS) is 13.2. The first-order chi connectivity index (χ1) is 7.36. The summed E-state index contributed by atoms with van der Waals surface area (Å²) >= 11 is 0. The topological polar surface area (TPSA) is 44.5 Å². The van der Waals surface area contributed by atoms with Crippen molar-refractivity contribution in [2.75, 3.05) is 13.3 Å². The minimum Gasteiger partial charge on any atom is -0.454 e. The van der Waals surface area contributed by atoms with Crippen LogP contribution in [0.5, 0.6) is 11.5 Å². The van der Waals surface area contributed by atoms with Crippen LogP contribution in [0.1, 0.15) is 24.5 Å². The van der Waals surface area contributed by atoms with Gasteiger partial charge in [-0.3, -0.25) is 0 Å². The van der Waals surface area contributed by atoms with Crippen molar-refractivity contribution in [1.29, 1.82) is 0 Å². The van der Waals surface area contributed by atoms with Crippen molar-refractivity contribution in [1.82, 2.24) is 0 Å².